The number of nitrogens with zero attached hydrogens (tertiary/aromatic N) is 3. The van der Waals surface area contributed by atoms with Gasteiger partial charge in [0.05, 0.1) is 19.4 Å². The Kier molecular flexibility index (Phi) is 6.03. The second-order valence-corrected chi connectivity index (χ2v) is 7.69. The van der Waals surface area contributed by atoms with Crippen LogP contribution in [0.25, 0.3) is 11.1 Å². The van der Waals surface area contributed by atoms with E-state index in [1.807, 2.05) is 49.4 Å². The van der Waals surface area contributed by atoms with Gasteiger partial charge in [-0.25, -0.2) is 4.99 Å². The van der Waals surface area contributed by atoms with Crippen molar-refractivity contribution < 1.29 is 9.47 Å². The van der Waals surface area contributed by atoms with Crippen molar-refractivity contribution in [1.29, 1.82) is 0 Å². The summed E-state index contributed by atoms with van der Waals surface area (Å²) < 4.78 is 11.0. The molecule has 0 bridgehead atoms. The van der Waals surface area contributed by atoms with Gasteiger partial charge in [0.1, 0.15) is 17.2 Å². The van der Waals surface area contributed by atoms with Gasteiger partial charge in [0, 0.05) is 29.1 Å². The van der Waals surface area contributed by atoms with Crippen LogP contribution in [0.15, 0.2) is 101 Å². The second-order valence-electron chi connectivity index (χ2n) is 7.69. The van der Waals surface area contributed by atoms with E-state index in [4.69, 9.17) is 19.6 Å². The molecule has 0 aliphatic carbocycles. The van der Waals surface area contributed by atoms with Gasteiger partial charge in [-0.2, -0.15) is 5.10 Å². The number of hydrogen-bond acceptors (Lipinski definition) is 6. The highest BCUT2D eigenvalue weighted by molar-refractivity contribution is 6.18. The van der Waals surface area contributed by atoms with Crippen molar-refractivity contribution in [2.24, 2.45) is 10.1 Å². The number of amidine groups is 1. The molecule has 0 atom stereocenters. The van der Waals surface area contributed by atoms with Crippen LogP contribution in [0.3, 0.4) is 0 Å². The minimum absolute atomic E-state index is 0.589. The molecular formula is C28H24N4O2. The predicted molar refractivity (Wildman–Crippen MR) is 135 cm³/mol. The predicted octanol–water partition coefficient (Wildman–Crippen LogP) is 5.59. The van der Waals surface area contributed by atoms with Crippen LogP contribution >= 0.6 is 0 Å². The van der Waals surface area contributed by atoms with Crippen LogP contribution in [0.5, 0.6) is 11.5 Å². The van der Waals surface area contributed by atoms with Gasteiger partial charge in [0.2, 0.25) is 0 Å². The number of benzene rings is 3. The normalized spacial score (nSPS) is 12.5. The third-order valence-corrected chi connectivity index (χ3v) is 5.58. The molecule has 0 radical (unpaired) electrons. The lowest BCUT2D eigenvalue weighted by Crippen LogP contribution is -2.19. The number of rotatable bonds is 6. The summed E-state index contributed by atoms with van der Waals surface area (Å²) in [6.07, 6.45) is 3.48. The van der Waals surface area contributed by atoms with E-state index in [2.05, 4.69) is 46.8 Å². The van der Waals surface area contributed by atoms with Crippen molar-refractivity contribution in [3.63, 3.8) is 0 Å². The Morgan fingerprint density at radius 2 is 1.38 bits per heavy atom. The molecule has 5 rings (SSSR count). The number of methoxy groups -OCH3 is 1. The molecule has 34 heavy (non-hydrogen) atoms. The van der Waals surface area contributed by atoms with E-state index in [0.717, 1.165) is 50.7 Å². The smallest absolute Gasteiger partial charge is 0.154 e. The molecule has 0 saturated heterocycles. The van der Waals surface area contributed by atoms with Gasteiger partial charge < -0.3 is 9.47 Å². The third kappa shape index (κ3) is 4.38. The number of aromatic nitrogens is 1. The average Bonchev–Trinajstić information content (AvgIpc) is 3.09. The molecule has 1 N–H and O–H groups in total. The molecule has 0 amide bonds. The van der Waals surface area contributed by atoms with Crippen LogP contribution in [-0.2, 0) is 0 Å². The lowest BCUT2D eigenvalue weighted by Gasteiger charge is -2.11. The van der Waals surface area contributed by atoms with Crippen LogP contribution in [0.4, 0.5) is 5.69 Å². The van der Waals surface area contributed by atoms with Crippen LogP contribution in [0.1, 0.15) is 23.6 Å². The maximum Gasteiger partial charge on any atom is 0.154 e. The van der Waals surface area contributed by atoms with Gasteiger partial charge in [-0.3, -0.25) is 10.4 Å². The molecule has 4 aromatic rings. The zero-order chi connectivity index (χ0) is 23.3. The van der Waals surface area contributed by atoms with E-state index < -0.39 is 0 Å². The fourth-order valence-corrected chi connectivity index (χ4v) is 3.84. The standard InChI is InChI=1S/C28H24N4O2/c1-3-34-24-12-13-26-25(18-24)27(31-32-28(30-26)22-14-16-29-17-15-22)21-6-4-19(5-7-21)20-8-10-23(33-2)11-9-20/h4-18H,3H2,1-2H3,(H,30,32). The Hall–Kier alpha value is -4.45. The number of aliphatic imine (C=N–C) groups is 1. The highest BCUT2D eigenvalue weighted by Gasteiger charge is 2.18. The first kappa shape index (κ1) is 21.4. The molecule has 0 spiro atoms. The number of hydrazone groups is 1. The minimum Gasteiger partial charge on any atom is -0.497 e. The molecule has 1 aliphatic rings. The van der Waals surface area contributed by atoms with E-state index in [9.17, 15) is 0 Å². The first-order valence-corrected chi connectivity index (χ1v) is 11.1. The maximum absolute atomic E-state index is 5.76. The van der Waals surface area contributed by atoms with E-state index in [1.165, 1.54) is 0 Å². The Labute approximate surface area is 198 Å². The highest BCUT2D eigenvalue weighted by atomic mass is 16.5. The molecule has 0 saturated carbocycles. The third-order valence-electron chi connectivity index (χ3n) is 5.58. The molecule has 0 unspecified atom stereocenters. The Balaban J connectivity index is 1.54. The monoisotopic (exact) mass is 448 g/mol. The lowest BCUT2D eigenvalue weighted by molar-refractivity contribution is 0.340. The summed E-state index contributed by atoms with van der Waals surface area (Å²) >= 11 is 0. The maximum atomic E-state index is 5.76. The number of ether oxygens (including phenoxy) is 2. The van der Waals surface area contributed by atoms with Crippen LogP contribution in [0, 0.1) is 0 Å². The zero-order valence-corrected chi connectivity index (χ0v) is 19.0. The van der Waals surface area contributed by atoms with Gasteiger partial charge >= 0.3 is 0 Å². The molecule has 1 aliphatic heterocycles. The summed E-state index contributed by atoms with van der Waals surface area (Å²) in [5.41, 5.74) is 9.80. The second kappa shape index (κ2) is 9.58. The molecular weight excluding hydrogens is 424 g/mol. The van der Waals surface area contributed by atoms with Crippen LogP contribution in [0.2, 0.25) is 0 Å². The largest absolute Gasteiger partial charge is 0.497 e. The Bertz CT molecular complexity index is 1350. The van der Waals surface area contributed by atoms with Gasteiger partial charge in [0.25, 0.3) is 0 Å². The van der Waals surface area contributed by atoms with Gasteiger partial charge in [0.15, 0.2) is 5.84 Å². The summed E-state index contributed by atoms with van der Waals surface area (Å²) in [6.45, 7) is 2.56. The number of hydrogen-bond donors (Lipinski definition) is 1. The van der Waals surface area contributed by atoms with E-state index >= 15 is 0 Å². The first-order chi connectivity index (χ1) is 16.7. The van der Waals surface area contributed by atoms with Crippen molar-refractivity contribution in [3.05, 3.63) is 108 Å². The molecule has 6 heteroatoms. The molecule has 168 valence electrons. The summed E-state index contributed by atoms with van der Waals surface area (Å²) in [4.78, 5) is 8.97. The van der Waals surface area contributed by atoms with Crippen molar-refractivity contribution in [2.45, 2.75) is 6.92 Å². The molecule has 2 heterocycles. The van der Waals surface area contributed by atoms with Crippen molar-refractivity contribution in [2.75, 3.05) is 13.7 Å². The topological polar surface area (TPSA) is 68.1 Å². The number of pyridine rings is 1. The lowest BCUT2D eigenvalue weighted by atomic mass is 9.97. The van der Waals surface area contributed by atoms with Crippen molar-refractivity contribution in [3.8, 4) is 22.6 Å². The number of nitrogens with one attached hydrogen (secondary N) is 1. The fourth-order valence-electron chi connectivity index (χ4n) is 3.84. The van der Waals surface area contributed by atoms with Gasteiger partial charge in [-0.1, -0.05) is 36.4 Å². The summed E-state index contributed by atoms with van der Waals surface area (Å²) in [5, 5.41) is 4.76. The van der Waals surface area contributed by atoms with E-state index in [1.54, 1.807) is 19.5 Å². The molecule has 3 aromatic carbocycles. The van der Waals surface area contributed by atoms with E-state index in [0.29, 0.717) is 12.4 Å². The average molecular weight is 449 g/mol. The van der Waals surface area contributed by atoms with Crippen LogP contribution < -0.4 is 14.9 Å². The molecule has 6 nitrogen and oxygen atoms in total. The SMILES string of the molecule is CCOc1ccc2c(c1)C(c1ccc(-c3ccc(OC)cc3)cc1)=NNC(c1ccncc1)=N2. The Morgan fingerprint density at radius 1 is 0.735 bits per heavy atom. The number of fused-ring (bicyclic) bond motifs is 1. The van der Waals surface area contributed by atoms with E-state index in [-0.39, 0.29) is 0 Å². The fraction of sp³-hybridized carbons (Fsp3) is 0.107. The van der Waals surface area contributed by atoms with Crippen molar-refractivity contribution in [1.82, 2.24) is 10.4 Å². The first-order valence-electron chi connectivity index (χ1n) is 11.1. The Morgan fingerprint density at radius 3 is 2.06 bits per heavy atom. The van der Waals surface area contributed by atoms with Crippen molar-refractivity contribution >= 4 is 17.2 Å². The minimum atomic E-state index is 0.589. The summed E-state index contributed by atoms with van der Waals surface area (Å²) in [6, 6.07) is 26.1. The van der Waals surface area contributed by atoms with Gasteiger partial charge in [-0.05, 0) is 60.5 Å². The van der Waals surface area contributed by atoms with Gasteiger partial charge in [-0.15, -0.1) is 0 Å². The summed E-state index contributed by atoms with van der Waals surface area (Å²) in [7, 11) is 1.67. The zero-order valence-electron chi connectivity index (χ0n) is 19.0. The quantitative estimate of drug-likeness (QED) is 0.418. The molecule has 0 fully saturated rings. The highest BCUT2D eigenvalue weighted by Crippen LogP contribution is 2.30. The summed E-state index contributed by atoms with van der Waals surface area (Å²) in [5.74, 6) is 2.29. The molecule has 1 aromatic heterocycles. The van der Waals surface area contributed by atoms with Crippen LogP contribution in [-0.4, -0.2) is 30.2 Å².